The summed E-state index contributed by atoms with van der Waals surface area (Å²) in [6.45, 7) is 11.5. The number of hydrogen-bond donors (Lipinski definition) is 1. The highest BCUT2D eigenvalue weighted by molar-refractivity contribution is 5.94. The smallest absolute Gasteiger partial charge is 0.407 e. The first-order chi connectivity index (χ1) is 15.2. The van der Waals surface area contributed by atoms with Crippen LogP contribution in [0.1, 0.15) is 48.7 Å². The summed E-state index contributed by atoms with van der Waals surface area (Å²) in [5.74, 6) is 0.344. The molecule has 0 bridgehead atoms. The lowest BCUT2D eigenvalue weighted by Crippen LogP contribution is -2.41. The molecule has 1 N–H and O–H groups in total. The van der Waals surface area contributed by atoms with Gasteiger partial charge in [-0.1, -0.05) is 42.5 Å². The topological polar surface area (TPSA) is 71.1 Å². The molecule has 1 fully saturated rings. The Balaban J connectivity index is 1.55. The molecule has 0 aromatic heterocycles. The first-order valence-corrected chi connectivity index (χ1v) is 10.7. The van der Waals surface area contributed by atoms with E-state index in [-0.39, 0.29) is 5.91 Å². The van der Waals surface area contributed by atoms with Crippen molar-refractivity contribution >= 4 is 12.0 Å². The van der Waals surface area contributed by atoms with E-state index < -0.39 is 11.7 Å². The van der Waals surface area contributed by atoms with Crippen LogP contribution in [0.4, 0.5) is 4.79 Å². The zero-order valence-corrected chi connectivity index (χ0v) is 19.0. The van der Waals surface area contributed by atoms with Crippen molar-refractivity contribution in [3.63, 3.8) is 0 Å². The van der Waals surface area contributed by atoms with Crippen molar-refractivity contribution in [2.24, 2.45) is 0 Å². The fourth-order valence-electron chi connectivity index (χ4n) is 3.30. The second-order valence-electron chi connectivity index (χ2n) is 8.63. The van der Waals surface area contributed by atoms with E-state index in [2.05, 4.69) is 11.9 Å². The number of benzene rings is 2. The van der Waals surface area contributed by atoms with Gasteiger partial charge in [0.15, 0.2) is 0 Å². The van der Waals surface area contributed by atoms with E-state index in [1.807, 2.05) is 63.2 Å². The molecule has 1 saturated heterocycles. The van der Waals surface area contributed by atoms with Gasteiger partial charge in [0.05, 0.1) is 0 Å². The number of hydrazine groups is 1. The van der Waals surface area contributed by atoms with E-state index in [0.29, 0.717) is 37.7 Å². The van der Waals surface area contributed by atoms with Crippen molar-refractivity contribution < 1.29 is 19.1 Å². The Kier molecular flexibility index (Phi) is 7.41. The predicted octanol–water partition coefficient (Wildman–Crippen LogP) is 4.46. The lowest BCUT2D eigenvalue weighted by atomic mass is 10.1. The summed E-state index contributed by atoms with van der Waals surface area (Å²) < 4.78 is 11.1. The van der Waals surface area contributed by atoms with Gasteiger partial charge in [-0.2, -0.15) is 0 Å². The monoisotopic (exact) mass is 437 g/mol. The second kappa shape index (κ2) is 10.2. The molecule has 1 aliphatic rings. The number of ether oxygens (including phenoxy) is 2. The summed E-state index contributed by atoms with van der Waals surface area (Å²) in [5.41, 5.74) is 1.94. The molecule has 0 unspecified atom stereocenters. The number of hydrogen-bond acceptors (Lipinski definition) is 5. The van der Waals surface area contributed by atoms with Crippen LogP contribution < -0.4 is 5.32 Å². The molecule has 1 aliphatic heterocycles. The van der Waals surface area contributed by atoms with E-state index in [0.717, 1.165) is 17.5 Å². The van der Waals surface area contributed by atoms with Crippen LogP contribution >= 0.6 is 0 Å². The van der Waals surface area contributed by atoms with Gasteiger partial charge in [0.2, 0.25) is 5.88 Å². The van der Waals surface area contributed by atoms with Crippen LogP contribution in [-0.2, 0) is 22.6 Å². The van der Waals surface area contributed by atoms with E-state index >= 15 is 0 Å². The second-order valence-corrected chi connectivity index (χ2v) is 8.63. The van der Waals surface area contributed by atoms with E-state index in [9.17, 15) is 9.59 Å². The fourth-order valence-corrected chi connectivity index (χ4v) is 3.30. The van der Waals surface area contributed by atoms with Gasteiger partial charge in [0, 0.05) is 25.2 Å². The first-order valence-electron chi connectivity index (χ1n) is 10.7. The molecule has 0 radical (unpaired) electrons. The minimum absolute atomic E-state index is 0.112. The lowest BCUT2D eigenvalue weighted by molar-refractivity contribution is -0.00557. The maximum Gasteiger partial charge on any atom is 0.407 e. The van der Waals surface area contributed by atoms with Crippen LogP contribution in [0.2, 0.25) is 0 Å². The average Bonchev–Trinajstić information content (AvgIpc) is 3.25. The SMILES string of the molecule is C=C(OCc1ccccc1)N1CCCN1C(=O)c1ccc(CNC(=O)OC(C)(C)C)cc1. The Labute approximate surface area is 189 Å². The average molecular weight is 438 g/mol. The Morgan fingerprint density at radius 1 is 0.969 bits per heavy atom. The van der Waals surface area contributed by atoms with Crippen LogP contribution in [0.3, 0.4) is 0 Å². The molecule has 2 amide bonds. The first kappa shape index (κ1) is 23.2. The predicted molar refractivity (Wildman–Crippen MR) is 122 cm³/mol. The van der Waals surface area contributed by atoms with Crippen molar-refractivity contribution in [3.8, 4) is 0 Å². The van der Waals surface area contributed by atoms with Crippen molar-refractivity contribution in [3.05, 3.63) is 83.7 Å². The van der Waals surface area contributed by atoms with Gasteiger partial charge < -0.3 is 14.8 Å². The number of carbonyl (C=O) groups excluding carboxylic acids is 2. The third-order valence-electron chi connectivity index (χ3n) is 4.84. The van der Waals surface area contributed by atoms with Gasteiger partial charge in [0.1, 0.15) is 12.2 Å². The molecule has 0 atom stereocenters. The number of nitrogens with one attached hydrogen (secondary N) is 1. The summed E-state index contributed by atoms with van der Waals surface area (Å²) in [7, 11) is 0. The molecule has 170 valence electrons. The molecule has 32 heavy (non-hydrogen) atoms. The van der Waals surface area contributed by atoms with Crippen LogP contribution in [0.15, 0.2) is 67.1 Å². The zero-order valence-electron chi connectivity index (χ0n) is 19.0. The number of amides is 2. The number of nitrogens with zero attached hydrogens (tertiary/aromatic N) is 2. The van der Waals surface area contributed by atoms with Crippen LogP contribution in [0.5, 0.6) is 0 Å². The highest BCUT2D eigenvalue weighted by Gasteiger charge is 2.29. The van der Waals surface area contributed by atoms with Crippen molar-refractivity contribution in [1.82, 2.24) is 15.3 Å². The molecule has 2 aromatic carbocycles. The highest BCUT2D eigenvalue weighted by Crippen LogP contribution is 2.21. The standard InChI is InChI=1S/C25H31N3O4/c1-19(31-18-21-9-6-5-7-10-21)27-15-8-16-28(27)23(29)22-13-11-20(12-14-22)17-26-24(30)32-25(2,3)4/h5-7,9-14H,1,8,15-18H2,2-4H3,(H,26,30). The zero-order chi connectivity index (χ0) is 23.1. The molecule has 1 heterocycles. The van der Waals surface area contributed by atoms with Crippen molar-refractivity contribution in [2.45, 2.75) is 45.9 Å². The van der Waals surface area contributed by atoms with Crippen molar-refractivity contribution in [2.75, 3.05) is 13.1 Å². The van der Waals surface area contributed by atoms with Crippen LogP contribution in [0.25, 0.3) is 0 Å². The minimum Gasteiger partial charge on any atom is -0.473 e. The fraction of sp³-hybridized carbons (Fsp3) is 0.360. The number of alkyl carbamates (subject to hydrolysis) is 1. The summed E-state index contributed by atoms with van der Waals surface area (Å²) in [4.78, 5) is 24.9. The quantitative estimate of drug-likeness (QED) is 0.648. The maximum atomic E-state index is 13.1. The molecule has 2 aromatic rings. The molecule has 0 aliphatic carbocycles. The third-order valence-corrected chi connectivity index (χ3v) is 4.84. The summed E-state index contributed by atoms with van der Waals surface area (Å²) >= 11 is 0. The van der Waals surface area contributed by atoms with Gasteiger partial charge >= 0.3 is 6.09 Å². The minimum atomic E-state index is -0.545. The normalized spacial score (nSPS) is 13.6. The number of carbonyl (C=O) groups is 2. The molecule has 0 spiro atoms. The molecule has 7 heteroatoms. The van der Waals surface area contributed by atoms with Crippen molar-refractivity contribution in [1.29, 1.82) is 0 Å². The maximum absolute atomic E-state index is 13.1. The van der Waals surface area contributed by atoms with Gasteiger partial charge in [-0.3, -0.25) is 9.80 Å². The van der Waals surface area contributed by atoms with E-state index in [4.69, 9.17) is 9.47 Å². The lowest BCUT2D eigenvalue weighted by Gasteiger charge is -2.30. The Bertz CT molecular complexity index is 936. The van der Waals surface area contributed by atoms with E-state index in [1.165, 1.54) is 0 Å². The van der Waals surface area contributed by atoms with E-state index in [1.54, 1.807) is 22.2 Å². The van der Waals surface area contributed by atoms with Gasteiger partial charge in [-0.05, 0) is 57.0 Å². The Morgan fingerprint density at radius 2 is 1.62 bits per heavy atom. The largest absolute Gasteiger partial charge is 0.473 e. The van der Waals surface area contributed by atoms with Gasteiger partial charge in [0.25, 0.3) is 5.91 Å². The third kappa shape index (κ3) is 6.51. The summed E-state index contributed by atoms with van der Waals surface area (Å²) in [6.07, 6.45) is 0.372. The highest BCUT2D eigenvalue weighted by atomic mass is 16.6. The molecular weight excluding hydrogens is 406 g/mol. The Hall–Kier alpha value is -3.48. The van der Waals surface area contributed by atoms with Gasteiger partial charge in [-0.15, -0.1) is 0 Å². The van der Waals surface area contributed by atoms with Gasteiger partial charge in [-0.25, -0.2) is 9.80 Å². The van der Waals surface area contributed by atoms with Crippen LogP contribution in [0, 0.1) is 0 Å². The summed E-state index contributed by atoms with van der Waals surface area (Å²) in [5, 5.41) is 6.18. The molecule has 3 rings (SSSR count). The Morgan fingerprint density at radius 3 is 2.28 bits per heavy atom. The molecular formula is C25H31N3O4. The van der Waals surface area contributed by atoms with Crippen LogP contribution in [-0.4, -0.2) is 40.7 Å². The molecule has 7 nitrogen and oxygen atoms in total. The number of rotatable bonds is 7. The molecule has 0 saturated carbocycles. The summed E-state index contributed by atoms with van der Waals surface area (Å²) in [6, 6.07) is 17.0.